The molecule has 1 aromatic heterocycles. The Morgan fingerprint density at radius 3 is 2.33 bits per heavy atom. The lowest BCUT2D eigenvalue weighted by Crippen LogP contribution is -2.27. The molecule has 0 fully saturated rings. The fourth-order valence-corrected chi connectivity index (χ4v) is 4.45. The number of hydrogen-bond donors (Lipinski definition) is 2. The molecular weight excluding hydrogens is 464 g/mol. The van der Waals surface area contributed by atoms with E-state index in [2.05, 4.69) is 20.8 Å². The first-order chi connectivity index (χ1) is 16.0. The minimum Gasteiger partial charge on any atom is -0.493 e. The maximum atomic E-state index is 12.7. The molecule has 1 heterocycles. The van der Waals surface area contributed by atoms with Crippen molar-refractivity contribution in [3.05, 3.63) is 53.6 Å². The van der Waals surface area contributed by atoms with Gasteiger partial charge in [-0.2, -0.15) is 0 Å². The van der Waals surface area contributed by atoms with Crippen LogP contribution in [0.4, 0.5) is 5.13 Å². The van der Waals surface area contributed by atoms with Crippen LogP contribution in [0.25, 0.3) is 0 Å². The number of benzene rings is 2. The summed E-state index contributed by atoms with van der Waals surface area (Å²) >= 11 is 2.45. The summed E-state index contributed by atoms with van der Waals surface area (Å²) in [6.07, 6.45) is 0.771. The third-order valence-electron chi connectivity index (χ3n) is 4.46. The van der Waals surface area contributed by atoms with E-state index in [0.717, 1.165) is 6.42 Å². The number of anilines is 1. The number of ether oxygens (including phenoxy) is 3. The highest BCUT2D eigenvalue weighted by atomic mass is 32.2. The number of thioether (sulfide) groups is 1. The molecule has 11 heteroatoms. The molecule has 0 unspecified atom stereocenters. The van der Waals surface area contributed by atoms with Gasteiger partial charge in [0.25, 0.3) is 5.91 Å². The molecule has 0 bridgehead atoms. The maximum Gasteiger partial charge on any atom is 0.257 e. The molecule has 174 valence electrons. The minimum atomic E-state index is -0.402. The summed E-state index contributed by atoms with van der Waals surface area (Å²) in [4.78, 5) is 24.7. The fraction of sp³-hybridized carbons (Fsp3) is 0.273. The topological polar surface area (TPSA) is 112 Å². The van der Waals surface area contributed by atoms with E-state index < -0.39 is 5.91 Å². The van der Waals surface area contributed by atoms with Gasteiger partial charge in [0.1, 0.15) is 0 Å². The van der Waals surface area contributed by atoms with Crippen molar-refractivity contribution in [2.24, 2.45) is 0 Å². The number of carbonyl (C=O) groups excluding carboxylic acids is 2. The zero-order valence-corrected chi connectivity index (χ0v) is 20.0. The molecule has 9 nitrogen and oxygen atoms in total. The first kappa shape index (κ1) is 24.3. The van der Waals surface area contributed by atoms with Gasteiger partial charge in [0.05, 0.1) is 27.1 Å². The molecule has 3 rings (SSSR count). The molecule has 2 aromatic carbocycles. The van der Waals surface area contributed by atoms with E-state index in [4.69, 9.17) is 14.2 Å². The van der Waals surface area contributed by atoms with E-state index in [9.17, 15) is 9.59 Å². The molecule has 2 amide bonds. The Balaban J connectivity index is 1.51. The van der Waals surface area contributed by atoms with Crippen molar-refractivity contribution >= 4 is 40.0 Å². The molecule has 0 aliphatic carbocycles. The first-order valence-electron chi connectivity index (χ1n) is 9.92. The Hall–Kier alpha value is -3.31. The van der Waals surface area contributed by atoms with Gasteiger partial charge in [-0.25, -0.2) is 0 Å². The number of nitrogens with zero attached hydrogens (tertiary/aromatic N) is 2. The molecule has 0 spiro atoms. The van der Waals surface area contributed by atoms with Crippen molar-refractivity contribution in [2.75, 3.05) is 38.9 Å². The lowest BCUT2D eigenvalue weighted by atomic mass is 10.1. The predicted molar refractivity (Wildman–Crippen MR) is 128 cm³/mol. The largest absolute Gasteiger partial charge is 0.493 e. The highest BCUT2D eigenvalue weighted by molar-refractivity contribution is 8.01. The minimum absolute atomic E-state index is 0.0888. The Kier molecular flexibility index (Phi) is 8.90. The van der Waals surface area contributed by atoms with Gasteiger partial charge < -0.3 is 19.5 Å². The molecule has 2 N–H and O–H groups in total. The van der Waals surface area contributed by atoms with Crippen molar-refractivity contribution in [3.63, 3.8) is 0 Å². The summed E-state index contributed by atoms with van der Waals surface area (Å²) in [5, 5.41) is 13.9. The van der Waals surface area contributed by atoms with Crippen molar-refractivity contribution in [1.82, 2.24) is 15.5 Å². The van der Waals surface area contributed by atoms with Crippen LogP contribution in [0.1, 0.15) is 15.9 Å². The van der Waals surface area contributed by atoms with Crippen molar-refractivity contribution in [3.8, 4) is 17.2 Å². The normalized spacial score (nSPS) is 10.4. The zero-order chi connectivity index (χ0) is 23.6. The van der Waals surface area contributed by atoms with Crippen molar-refractivity contribution in [2.45, 2.75) is 10.8 Å². The van der Waals surface area contributed by atoms with Crippen LogP contribution in [-0.4, -0.2) is 55.6 Å². The van der Waals surface area contributed by atoms with E-state index in [0.29, 0.717) is 38.8 Å². The highest BCUT2D eigenvalue weighted by Crippen LogP contribution is 2.38. The van der Waals surface area contributed by atoms with E-state index in [-0.39, 0.29) is 11.7 Å². The smallest absolute Gasteiger partial charge is 0.257 e. The van der Waals surface area contributed by atoms with Crippen LogP contribution in [0.15, 0.2) is 46.8 Å². The molecule has 0 aliphatic rings. The van der Waals surface area contributed by atoms with Crippen molar-refractivity contribution < 1.29 is 23.8 Å². The van der Waals surface area contributed by atoms with Crippen LogP contribution in [0.3, 0.4) is 0 Å². The van der Waals surface area contributed by atoms with Gasteiger partial charge in [-0.3, -0.25) is 14.9 Å². The van der Waals surface area contributed by atoms with E-state index >= 15 is 0 Å². The molecule has 0 radical (unpaired) electrons. The molecule has 3 aromatic rings. The molecule has 0 aliphatic heterocycles. The molecule has 0 atom stereocenters. The van der Waals surface area contributed by atoms with E-state index in [1.807, 2.05) is 30.3 Å². The molecule has 0 saturated carbocycles. The highest BCUT2D eigenvalue weighted by Gasteiger charge is 2.18. The average Bonchev–Trinajstić information content (AvgIpc) is 3.29. The lowest BCUT2D eigenvalue weighted by Gasteiger charge is -2.13. The van der Waals surface area contributed by atoms with E-state index in [1.54, 1.807) is 12.1 Å². The quantitative estimate of drug-likeness (QED) is 0.312. The molecular formula is C22H24N4O5S2. The summed E-state index contributed by atoms with van der Waals surface area (Å²) in [5.41, 5.74) is 1.48. The van der Waals surface area contributed by atoms with Crippen LogP contribution in [-0.2, 0) is 11.2 Å². The van der Waals surface area contributed by atoms with Gasteiger partial charge in [0.2, 0.25) is 16.8 Å². The lowest BCUT2D eigenvalue weighted by molar-refractivity contribution is -0.118. The van der Waals surface area contributed by atoms with Crippen LogP contribution in [0.2, 0.25) is 0 Å². The number of rotatable bonds is 11. The first-order valence-corrected chi connectivity index (χ1v) is 11.7. The maximum absolute atomic E-state index is 12.7. The number of methoxy groups -OCH3 is 3. The van der Waals surface area contributed by atoms with Crippen LogP contribution >= 0.6 is 23.1 Å². The molecule has 33 heavy (non-hydrogen) atoms. The monoisotopic (exact) mass is 488 g/mol. The third-order valence-corrected chi connectivity index (χ3v) is 6.43. The summed E-state index contributed by atoms with van der Waals surface area (Å²) in [5.74, 6) is 0.857. The summed E-state index contributed by atoms with van der Waals surface area (Å²) in [6, 6.07) is 13.1. The second-order valence-electron chi connectivity index (χ2n) is 6.62. The van der Waals surface area contributed by atoms with Crippen molar-refractivity contribution in [1.29, 1.82) is 0 Å². The number of hydrogen-bond acceptors (Lipinski definition) is 9. The Bertz CT molecular complexity index is 1070. The Labute approximate surface area is 199 Å². The standard InChI is InChI=1S/C22H24N4O5S2/c1-29-16-11-15(12-17(30-2)19(16)31-3)20(28)24-21-25-26-22(33-21)32-13-18(27)23-10-9-14-7-5-4-6-8-14/h4-8,11-12H,9-10,13H2,1-3H3,(H,23,27)(H,24,25,28). The zero-order valence-electron chi connectivity index (χ0n) is 18.4. The Morgan fingerprint density at radius 1 is 1.00 bits per heavy atom. The number of aromatic nitrogens is 2. The summed E-state index contributed by atoms with van der Waals surface area (Å²) in [6.45, 7) is 0.565. The van der Waals surface area contributed by atoms with Crippen LogP contribution < -0.4 is 24.8 Å². The predicted octanol–water partition coefficient (Wildman–Crippen LogP) is 3.27. The average molecular weight is 489 g/mol. The van der Waals surface area contributed by atoms with Gasteiger partial charge in [0.15, 0.2) is 15.8 Å². The number of amides is 2. The third kappa shape index (κ3) is 6.83. The van der Waals surface area contributed by atoms with Gasteiger partial charge in [-0.15, -0.1) is 10.2 Å². The molecule has 0 saturated heterocycles. The number of carbonyl (C=O) groups is 2. The van der Waals surface area contributed by atoms with Gasteiger partial charge >= 0.3 is 0 Å². The fourth-order valence-electron chi connectivity index (χ4n) is 2.87. The number of nitrogens with one attached hydrogen (secondary N) is 2. The second-order valence-corrected chi connectivity index (χ2v) is 8.82. The SMILES string of the molecule is COc1cc(C(=O)Nc2nnc(SCC(=O)NCCc3ccccc3)s2)cc(OC)c1OC. The van der Waals surface area contributed by atoms with Crippen LogP contribution in [0, 0.1) is 0 Å². The van der Waals surface area contributed by atoms with Gasteiger partial charge in [-0.1, -0.05) is 53.4 Å². The summed E-state index contributed by atoms with van der Waals surface area (Å²) in [7, 11) is 4.44. The second kappa shape index (κ2) is 12.1. The summed E-state index contributed by atoms with van der Waals surface area (Å²) < 4.78 is 16.4. The van der Waals surface area contributed by atoms with Gasteiger partial charge in [-0.05, 0) is 24.1 Å². The Morgan fingerprint density at radius 2 is 1.70 bits per heavy atom. The van der Waals surface area contributed by atoms with Crippen LogP contribution in [0.5, 0.6) is 17.2 Å². The van der Waals surface area contributed by atoms with Gasteiger partial charge in [0, 0.05) is 12.1 Å². The van der Waals surface area contributed by atoms with E-state index in [1.165, 1.54) is 50.0 Å².